The molecule has 2 N–H and O–H groups in total. The van der Waals surface area contributed by atoms with E-state index in [1.165, 1.54) is 31.4 Å². The Bertz CT molecular complexity index is 1050. The molecule has 1 amide bonds. The second-order valence-corrected chi connectivity index (χ2v) is 7.99. The molecule has 1 heterocycles. The van der Waals surface area contributed by atoms with E-state index in [4.69, 9.17) is 16.3 Å². The van der Waals surface area contributed by atoms with Crippen molar-refractivity contribution < 1.29 is 13.9 Å². The summed E-state index contributed by atoms with van der Waals surface area (Å²) in [6.07, 6.45) is 5.23. The van der Waals surface area contributed by atoms with Crippen molar-refractivity contribution in [1.29, 1.82) is 0 Å². The van der Waals surface area contributed by atoms with Crippen molar-refractivity contribution in [2.75, 3.05) is 17.2 Å². The number of nitrogens with zero attached hydrogens (tertiary/aromatic N) is 1. The lowest BCUT2D eigenvalue weighted by Gasteiger charge is -2.25. The van der Waals surface area contributed by atoms with E-state index in [-0.39, 0.29) is 11.7 Å². The number of anilines is 2. The predicted molar refractivity (Wildman–Crippen MR) is 120 cm³/mol. The zero-order valence-corrected chi connectivity index (χ0v) is 17.7. The normalized spacial score (nSPS) is 13.4. The van der Waals surface area contributed by atoms with Gasteiger partial charge in [-0.3, -0.25) is 4.79 Å². The first-order chi connectivity index (χ1) is 15.1. The highest BCUT2D eigenvalue weighted by atomic mass is 35.5. The third kappa shape index (κ3) is 5.52. The average Bonchev–Trinajstić information content (AvgIpc) is 2.74. The Kier molecular flexibility index (Phi) is 6.67. The molecule has 0 atom stereocenters. The summed E-state index contributed by atoms with van der Waals surface area (Å²) in [5, 5.41) is 6.54. The SMILES string of the molecule is O=C(Nc1ccc(Cl)c(OCC2CCC2)c1)c1cccnc1NCc1ccc(F)cc1. The van der Waals surface area contributed by atoms with Crippen LogP contribution in [0, 0.1) is 11.7 Å². The molecule has 2 aromatic carbocycles. The van der Waals surface area contributed by atoms with Gasteiger partial charge in [-0.2, -0.15) is 0 Å². The quantitative estimate of drug-likeness (QED) is 0.457. The van der Waals surface area contributed by atoms with Crippen molar-refractivity contribution >= 4 is 29.0 Å². The molecule has 0 bridgehead atoms. The summed E-state index contributed by atoms with van der Waals surface area (Å²) < 4.78 is 18.9. The molecule has 4 rings (SSSR count). The first-order valence-electron chi connectivity index (χ1n) is 10.3. The van der Waals surface area contributed by atoms with Crippen LogP contribution in [0.2, 0.25) is 5.02 Å². The first-order valence-corrected chi connectivity index (χ1v) is 10.6. The Hall–Kier alpha value is -3.12. The highest BCUT2D eigenvalue weighted by Crippen LogP contribution is 2.32. The molecule has 1 saturated carbocycles. The minimum absolute atomic E-state index is 0.291. The number of amides is 1. The van der Waals surface area contributed by atoms with Crippen molar-refractivity contribution in [3.05, 3.63) is 82.8 Å². The van der Waals surface area contributed by atoms with Crippen LogP contribution in [0.15, 0.2) is 60.8 Å². The van der Waals surface area contributed by atoms with Crippen molar-refractivity contribution in [2.45, 2.75) is 25.8 Å². The molecule has 1 fully saturated rings. The van der Waals surface area contributed by atoms with Crippen LogP contribution in [-0.4, -0.2) is 17.5 Å². The molecular weight excluding hydrogens is 417 g/mol. The summed E-state index contributed by atoms with van der Waals surface area (Å²) in [6.45, 7) is 1.05. The minimum atomic E-state index is -0.304. The molecule has 1 aliphatic carbocycles. The Morgan fingerprint density at radius 2 is 1.97 bits per heavy atom. The number of benzene rings is 2. The fourth-order valence-electron chi connectivity index (χ4n) is 3.27. The summed E-state index contributed by atoms with van der Waals surface area (Å²) in [6, 6.07) is 14.7. The van der Waals surface area contributed by atoms with Gasteiger partial charge < -0.3 is 15.4 Å². The van der Waals surface area contributed by atoms with Crippen LogP contribution < -0.4 is 15.4 Å². The number of rotatable bonds is 8. The Morgan fingerprint density at radius 1 is 1.16 bits per heavy atom. The van der Waals surface area contributed by atoms with Crippen LogP contribution in [0.3, 0.4) is 0 Å². The first kappa shape index (κ1) is 21.1. The molecule has 1 aliphatic rings. The van der Waals surface area contributed by atoms with Gasteiger partial charge in [-0.1, -0.05) is 30.2 Å². The van der Waals surface area contributed by atoms with Crippen LogP contribution in [0.5, 0.6) is 5.75 Å². The average molecular weight is 440 g/mol. The van der Waals surface area contributed by atoms with E-state index in [9.17, 15) is 9.18 Å². The van der Waals surface area contributed by atoms with Crippen LogP contribution in [0.4, 0.5) is 15.9 Å². The number of aromatic nitrogens is 1. The molecule has 0 saturated heterocycles. The monoisotopic (exact) mass is 439 g/mol. The number of nitrogens with one attached hydrogen (secondary N) is 2. The molecule has 160 valence electrons. The van der Waals surface area contributed by atoms with Crippen molar-refractivity contribution in [3.63, 3.8) is 0 Å². The largest absolute Gasteiger partial charge is 0.492 e. The lowest BCUT2D eigenvalue weighted by atomic mass is 9.86. The highest BCUT2D eigenvalue weighted by Gasteiger charge is 2.19. The van der Waals surface area contributed by atoms with Gasteiger partial charge in [0.15, 0.2) is 0 Å². The molecular formula is C24H23ClFN3O2. The van der Waals surface area contributed by atoms with Gasteiger partial charge in [0, 0.05) is 24.5 Å². The lowest BCUT2D eigenvalue weighted by molar-refractivity contribution is 0.102. The standard InChI is InChI=1S/C24H23ClFN3O2/c25-21-11-10-19(13-22(21)31-15-17-3-1-4-17)29-24(30)20-5-2-12-27-23(20)28-14-16-6-8-18(26)9-7-16/h2,5-13,17H,1,3-4,14-15H2,(H,27,28)(H,29,30). The molecule has 31 heavy (non-hydrogen) atoms. The third-order valence-corrected chi connectivity index (χ3v) is 5.63. The van der Waals surface area contributed by atoms with Gasteiger partial charge in [0.05, 0.1) is 17.2 Å². The van der Waals surface area contributed by atoms with E-state index < -0.39 is 0 Å². The van der Waals surface area contributed by atoms with Gasteiger partial charge in [-0.05, 0) is 60.7 Å². The Morgan fingerprint density at radius 3 is 2.71 bits per heavy atom. The summed E-state index contributed by atoms with van der Waals surface area (Å²) >= 11 is 6.25. The summed E-state index contributed by atoms with van der Waals surface area (Å²) in [4.78, 5) is 17.2. The van der Waals surface area contributed by atoms with Gasteiger partial charge in [0.2, 0.25) is 0 Å². The lowest BCUT2D eigenvalue weighted by Crippen LogP contribution is -2.19. The van der Waals surface area contributed by atoms with Crippen LogP contribution >= 0.6 is 11.6 Å². The maximum absolute atomic E-state index is 13.1. The number of hydrogen-bond donors (Lipinski definition) is 2. The number of halogens is 2. The second-order valence-electron chi connectivity index (χ2n) is 7.59. The predicted octanol–water partition coefficient (Wildman–Crippen LogP) is 5.92. The van der Waals surface area contributed by atoms with Crippen LogP contribution in [0.1, 0.15) is 35.2 Å². The van der Waals surface area contributed by atoms with E-state index in [2.05, 4.69) is 15.6 Å². The van der Waals surface area contributed by atoms with E-state index >= 15 is 0 Å². The van der Waals surface area contributed by atoms with Gasteiger partial charge in [-0.25, -0.2) is 9.37 Å². The fourth-order valence-corrected chi connectivity index (χ4v) is 3.45. The molecule has 3 aromatic rings. The number of pyridine rings is 1. The summed E-state index contributed by atoms with van der Waals surface area (Å²) in [5.74, 6) is 0.994. The maximum Gasteiger partial charge on any atom is 0.259 e. The fraction of sp³-hybridized carbons (Fsp3) is 0.250. The second kappa shape index (κ2) is 9.79. The molecule has 0 radical (unpaired) electrons. The number of carbonyl (C=O) groups is 1. The molecule has 5 nitrogen and oxygen atoms in total. The maximum atomic E-state index is 13.1. The number of hydrogen-bond acceptors (Lipinski definition) is 4. The molecule has 0 unspecified atom stereocenters. The molecule has 0 spiro atoms. The Balaban J connectivity index is 1.43. The zero-order chi connectivity index (χ0) is 21.6. The molecule has 0 aliphatic heterocycles. The van der Waals surface area contributed by atoms with Crippen LogP contribution in [0.25, 0.3) is 0 Å². The zero-order valence-electron chi connectivity index (χ0n) is 16.9. The minimum Gasteiger partial charge on any atom is -0.492 e. The molecule has 7 heteroatoms. The van der Waals surface area contributed by atoms with Gasteiger partial charge >= 0.3 is 0 Å². The van der Waals surface area contributed by atoms with Gasteiger partial charge in [-0.15, -0.1) is 0 Å². The van der Waals surface area contributed by atoms with Crippen molar-refractivity contribution in [3.8, 4) is 5.75 Å². The van der Waals surface area contributed by atoms with Gasteiger partial charge in [0.25, 0.3) is 5.91 Å². The summed E-state index contributed by atoms with van der Waals surface area (Å²) in [5.41, 5.74) is 1.87. The highest BCUT2D eigenvalue weighted by molar-refractivity contribution is 6.32. The number of carbonyl (C=O) groups excluding carboxylic acids is 1. The van der Waals surface area contributed by atoms with E-state index in [1.54, 1.807) is 48.7 Å². The topological polar surface area (TPSA) is 63.2 Å². The number of ether oxygens (including phenoxy) is 1. The summed E-state index contributed by atoms with van der Waals surface area (Å²) in [7, 11) is 0. The van der Waals surface area contributed by atoms with Gasteiger partial charge in [0.1, 0.15) is 17.4 Å². The molecule has 1 aromatic heterocycles. The third-order valence-electron chi connectivity index (χ3n) is 5.31. The van der Waals surface area contributed by atoms with Crippen molar-refractivity contribution in [2.24, 2.45) is 5.92 Å². The van der Waals surface area contributed by atoms with Crippen molar-refractivity contribution in [1.82, 2.24) is 4.98 Å². The van der Waals surface area contributed by atoms with E-state index in [0.717, 1.165) is 5.56 Å². The van der Waals surface area contributed by atoms with E-state index in [0.29, 0.717) is 46.9 Å². The smallest absolute Gasteiger partial charge is 0.259 e. The Labute approximate surface area is 185 Å². The van der Waals surface area contributed by atoms with Crippen LogP contribution in [-0.2, 0) is 6.54 Å². The van der Waals surface area contributed by atoms with E-state index in [1.807, 2.05) is 0 Å².